The van der Waals surface area contributed by atoms with Crippen molar-refractivity contribution in [3.8, 4) is 0 Å². The Morgan fingerprint density at radius 2 is 1.91 bits per heavy atom. The molecule has 2 aromatic carbocycles. The highest BCUT2D eigenvalue weighted by atomic mass is 35.5. The zero-order chi connectivity index (χ0) is 23.1. The molecule has 0 aliphatic heterocycles. The number of hydrogen-bond donors (Lipinski definition) is 1. The Morgan fingerprint density at radius 1 is 1.16 bits per heavy atom. The number of rotatable bonds is 10. The van der Waals surface area contributed by atoms with Crippen LogP contribution in [0.3, 0.4) is 0 Å². The Labute approximate surface area is 198 Å². The van der Waals surface area contributed by atoms with Crippen molar-refractivity contribution in [2.75, 3.05) is 13.1 Å². The standard InChI is InChI=1S/C22H24Cl2N4O3S/c1-17-3-7-20(8-4-17)32(30,31)28(14-18-5-6-19(23)13-21(18)24)15-22(29)26-9-2-11-27-12-10-25-16-27/h3-8,10,12-13,16H,2,9,11,14-15H2,1H3,(H,26,29). The van der Waals surface area contributed by atoms with Gasteiger partial charge in [-0.3, -0.25) is 4.79 Å². The van der Waals surface area contributed by atoms with E-state index in [-0.39, 0.29) is 18.0 Å². The maximum atomic E-state index is 13.3. The molecule has 0 radical (unpaired) electrons. The van der Waals surface area contributed by atoms with Crippen LogP contribution in [-0.2, 0) is 27.9 Å². The summed E-state index contributed by atoms with van der Waals surface area (Å²) in [5.74, 6) is -0.392. The Balaban J connectivity index is 1.73. The third-order valence-electron chi connectivity index (χ3n) is 4.81. The molecule has 0 saturated carbocycles. The Morgan fingerprint density at radius 3 is 2.56 bits per heavy atom. The Kier molecular flexibility index (Phi) is 8.31. The van der Waals surface area contributed by atoms with Crippen LogP contribution in [0.25, 0.3) is 0 Å². The summed E-state index contributed by atoms with van der Waals surface area (Å²) < 4.78 is 29.7. The van der Waals surface area contributed by atoms with Gasteiger partial charge in [-0.05, 0) is 43.2 Å². The fourth-order valence-electron chi connectivity index (χ4n) is 3.05. The zero-order valence-electron chi connectivity index (χ0n) is 17.5. The fraction of sp³-hybridized carbons (Fsp3) is 0.273. The maximum Gasteiger partial charge on any atom is 0.243 e. The minimum Gasteiger partial charge on any atom is -0.355 e. The molecule has 0 spiro atoms. The number of amides is 1. The van der Waals surface area contributed by atoms with Gasteiger partial charge in [0, 0.05) is 42.1 Å². The van der Waals surface area contributed by atoms with Crippen molar-refractivity contribution in [2.24, 2.45) is 0 Å². The highest BCUT2D eigenvalue weighted by Crippen LogP contribution is 2.25. The summed E-state index contributed by atoms with van der Waals surface area (Å²) in [5, 5.41) is 3.57. The molecular weight excluding hydrogens is 471 g/mol. The van der Waals surface area contributed by atoms with Crippen LogP contribution in [0.2, 0.25) is 10.0 Å². The zero-order valence-corrected chi connectivity index (χ0v) is 19.9. The van der Waals surface area contributed by atoms with Gasteiger partial charge in [0.15, 0.2) is 0 Å². The van der Waals surface area contributed by atoms with E-state index in [4.69, 9.17) is 23.2 Å². The van der Waals surface area contributed by atoms with Crippen molar-refractivity contribution < 1.29 is 13.2 Å². The molecule has 1 N–H and O–H groups in total. The first-order chi connectivity index (χ1) is 15.3. The van der Waals surface area contributed by atoms with Gasteiger partial charge < -0.3 is 9.88 Å². The highest BCUT2D eigenvalue weighted by Gasteiger charge is 2.27. The summed E-state index contributed by atoms with van der Waals surface area (Å²) in [6.45, 7) is 2.59. The van der Waals surface area contributed by atoms with Crippen LogP contribution in [0.4, 0.5) is 0 Å². The molecule has 0 aliphatic carbocycles. The van der Waals surface area contributed by atoms with Crippen LogP contribution in [0.1, 0.15) is 17.5 Å². The Bertz CT molecular complexity index is 1150. The average molecular weight is 495 g/mol. The third-order valence-corrected chi connectivity index (χ3v) is 7.21. The summed E-state index contributed by atoms with van der Waals surface area (Å²) in [4.78, 5) is 16.7. The predicted molar refractivity (Wildman–Crippen MR) is 125 cm³/mol. The second-order valence-corrected chi connectivity index (χ2v) is 10.1. The topological polar surface area (TPSA) is 84.3 Å². The van der Waals surface area contributed by atoms with E-state index in [1.54, 1.807) is 42.9 Å². The SMILES string of the molecule is Cc1ccc(S(=O)(=O)N(CC(=O)NCCCn2ccnc2)Cc2ccc(Cl)cc2Cl)cc1. The number of nitrogens with one attached hydrogen (secondary N) is 1. The number of aromatic nitrogens is 2. The number of halogens is 2. The summed E-state index contributed by atoms with van der Waals surface area (Å²) in [7, 11) is -3.94. The Hall–Kier alpha value is -2.39. The lowest BCUT2D eigenvalue weighted by atomic mass is 10.2. The third kappa shape index (κ3) is 6.56. The lowest BCUT2D eigenvalue weighted by Gasteiger charge is -2.22. The first-order valence-corrected chi connectivity index (χ1v) is 12.2. The van der Waals surface area contributed by atoms with E-state index in [0.717, 1.165) is 9.87 Å². The van der Waals surface area contributed by atoms with Gasteiger partial charge in [0.1, 0.15) is 0 Å². The van der Waals surface area contributed by atoms with Crippen molar-refractivity contribution in [1.29, 1.82) is 0 Å². The van der Waals surface area contributed by atoms with E-state index >= 15 is 0 Å². The van der Waals surface area contributed by atoms with Crippen LogP contribution < -0.4 is 5.32 Å². The number of hydrogen-bond acceptors (Lipinski definition) is 4. The normalized spacial score (nSPS) is 11.6. The molecule has 0 fully saturated rings. The number of aryl methyl sites for hydroxylation is 2. The van der Waals surface area contributed by atoms with Gasteiger partial charge in [-0.2, -0.15) is 4.31 Å². The van der Waals surface area contributed by atoms with E-state index in [1.807, 2.05) is 17.7 Å². The minimum atomic E-state index is -3.94. The predicted octanol–water partition coefficient (Wildman–Crippen LogP) is 3.90. The van der Waals surface area contributed by atoms with Gasteiger partial charge in [-0.1, -0.05) is 47.0 Å². The van der Waals surface area contributed by atoms with E-state index in [2.05, 4.69) is 10.3 Å². The molecule has 0 atom stereocenters. The molecule has 0 unspecified atom stereocenters. The number of carbonyl (C=O) groups excluding carboxylic acids is 1. The molecule has 3 aromatic rings. The lowest BCUT2D eigenvalue weighted by Crippen LogP contribution is -2.40. The van der Waals surface area contributed by atoms with Crippen molar-refractivity contribution >= 4 is 39.1 Å². The number of sulfonamides is 1. The van der Waals surface area contributed by atoms with Gasteiger partial charge in [0.2, 0.25) is 15.9 Å². The van der Waals surface area contributed by atoms with Gasteiger partial charge in [0.05, 0.1) is 17.8 Å². The molecule has 1 amide bonds. The smallest absolute Gasteiger partial charge is 0.243 e. The molecule has 7 nitrogen and oxygen atoms in total. The average Bonchev–Trinajstić information content (AvgIpc) is 3.26. The molecular formula is C22H24Cl2N4O3S. The first kappa shape index (κ1) is 24.3. The number of benzene rings is 2. The maximum absolute atomic E-state index is 13.3. The van der Waals surface area contributed by atoms with Crippen LogP contribution in [0.15, 0.2) is 66.1 Å². The van der Waals surface area contributed by atoms with E-state index in [9.17, 15) is 13.2 Å². The molecule has 170 valence electrons. The van der Waals surface area contributed by atoms with Crippen LogP contribution in [0, 0.1) is 6.92 Å². The fourth-order valence-corrected chi connectivity index (χ4v) is 4.89. The molecule has 0 aliphatic rings. The van der Waals surface area contributed by atoms with E-state index < -0.39 is 15.9 Å². The van der Waals surface area contributed by atoms with Crippen LogP contribution >= 0.6 is 23.2 Å². The molecule has 10 heteroatoms. The molecule has 0 bridgehead atoms. The van der Waals surface area contributed by atoms with Gasteiger partial charge >= 0.3 is 0 Å². The highest BCUT2D eigenvalue weighted by molar-refractivity contribution is 7.89. The lowest BCUT2D eigenvalue weighted by molar-refractivity contribution is -0.121. The van der Waals surface area contributed by atoms with Crippen molar-refractivity contribution in [2.45, 2.75) is 31.3 Å². The van der Waals surface area contributed by atoms with E-state index in [1.165, 1.54) is 12.1 Å². The molecule has 1 aromatic heterocycles. The van der Waals surface area contributed by atoms with Crippen LogP contribution in [0.5, 0.6) is 0 Å². The first-order valence-electron chi connectivity index (χ1n) is 9.99. The minimum absolute atomic E-state index is 0.0608. The second-order valence-electron chi connectivity index (χ2n) is 7.33. The molecule has 1 heterocycles. The largest absolute Gasteiger partial charge is 0.355 e. The summed E-state index contributed by atoms with van der Waals surface area (Å²) >= 11 is 12.2. The number of imidazole rings is 1. The van der Waals surface area contributed by atoms with Crippen molar-refractivity contribution in [1.82, 2.24) is 19.2 Å². The van der Waals surface area contributed by atoms with Crippen molar-refractivity contribution in [3.05, 3.63) is 82.4 Å². The van der Waals surface area contributed by atoms with Gasteiger partial charge in [0.25, 0.3) is 0 Å². The number of nitrogens with zero attached hydrogens (tertiary/aromatic N) is 3. The molecule has 0 saturated heterocycles. The quantitative estimate of drug-likeness (QED) is 0.433. The van der Waals surface area contributed by atoms with Crippen LogP contribution in [-0.4, -0.2) is 41.3 Å². The monoisotopic (exact) mass is 494 g/mol. The van der Waals surface area contributed by atoms with Crippen molar-refractivity contribution in [3.63, 3.8) is 0 Å². The van der Waals surface area contributed by atoms with Gasteiger partial charge in [-0.15, -0.1) is 0 Å². The summed E-state index contributed by atoms with van der Waals surface area (Å²) in [5.41, 5.74) is 1.49. The second kappa shape index (κ2) is 11.0. The summed E-state index contributed by atoms with van der Waals surface area (Å²) in [6.07, 6.45) is 5.92. The number of carbonyl (C=O) groups is 1. The van der Waals surface area contributed by atoms with Gasteiger partial charge in [-0.25, -0.2) is 13.4 Å². The summed E-state index contributed by atoms with van der Waals surface area (Å²) in [6, 6.07) is 11.3. The molecule has 32 heavy (non-hydrogen) atoms. The van der Waals surface area contributed by atoms with E-state index in [0.29, 0.717) is 35.1 Å². The molecule has 3 rings (SSSR count).